The molecule has 186 valence electrons. The van der Waals surface area contributed by atoms with E-state index in [4.69, 9.17) is 0 Å². The summed E-state index contributed by atoms with van der Waals surface area (Å²) in [6.07, 6.45) is 1.58. The van der Waals surface area contributed by atoms with Gasteiger partial charge in [0.2, 0.25) is 5.91 Å². The SMILES string of the molecule is CN(CC#Cc1ccccc1)[C@@H]1CCN(C(=O)C(c2ccccc2)c2ccccc2)[C@H](c2nnn[nH]2)C1. The van der Waals surface area contributed by atoms with Crippen molar-refractivity contribution in [1.29, 1.82) is 0 Å². The summed E-state index contributed by atoms with van der Waals surface area (Å²) in [6.45, 7) is 1.26. The van der Waals surface area contributed by atoms with Crippen molar-refractivity contribution in [2.45, 2.75) is 30.8 Å². The van der Waals surface area contributed by atoms with Gasteiger partial charge in [-0.2, -0.15) is 0 Å². The number of hydrogen-bond acceptors (Lipinski definition) is 5. The number of carbonyl (C=O) groups excluding carboxylic acids is 1. The maximum Gasteiger partial charge on any atom is 0.235 e. The number of aromatic nitrogens is 4. The van der Waals surface area contributed by atoms with Crippen LogP contribution in [-0.4, -0.2) is 62.5 Å². The van der Waals surface area contributed by atoms with Crippen LogP contribution < -0.4 is 0 Å². The van der Waals surface area contributed by atoms with Gasteiger partial charge in [0, 0.05) is 18.2 Å². The number of H-pyrrole nitrogens is 1. The number of nitrogens with one attached hydrogen (secondary N) is 1. The molecule has 1 aliphatic rings. The van der Waals surface area contributed by atoms with Crippen molar-refractivity contribution in [1.82, 2.24) is 30.4 Å². The summed E-state index contributed by atoms with van der Waals surface area (Å²) in [4.78, 5) is 18.4. The van der Waals surface area contributed by atoms with Crippen LogP contribution >= 0.6 is 0 Å². The molecule has 4 aromatic rings. The minimum atomic E-state index is -0.396. The molecular formula is C30H30N6O. The first-order valence-electron chi connectivity index (χ1n) is 12.6. The van der Waals surface area contributed by atoms with Crippen LogP contribution in [0.1, 0.15) is 47.3 Å². The molecule has 1 saturated heterocycles. The van der Waals surface area contributed by atoms with Gasteiger partial charge in [0.25, 0.3) is 0 Å². The first-order valence-corrected chi connectivity index (χ1v) is 12.6. The first kappa shape index (κ1) is 24.4. The zero-order valence-corrected chi connectivity index (χ0v) is 20.9. The Hall–Kier alpha value is -4.28. The first-order chi connectivity index (χ1) is 18.2. The Kier molecular flexibility index (Phi) is 7.68. The Morgan fingerprint density at radius 1 is 1.00 bits per heavy atom. The lowest BCUT2D eigenvalue weighted by molar-refractivity contribution is -0.137. The predicted molar refractivity (Wildman–Crippen MR) is 142 cm³/mol. The summed E-state index contributed by atoms with van der Waals surface area (Å²) in [5.74, 6) is 6.80. The van der Waals surface area contributed by atoms with Gasteiger partial charge >= 0.3 is 0 Å². The summed E-state index contributed by atoms with van der Waals surface area (Å²) in [5, 5.41) is 14.8. The molecule has 0 unspecified atom stereocenters. The Morgan fingerprint density at radius 3 is 2.22 bits per heavy atom. The molecule has 0 saturated carbocycles. The second-order valence-electron chi connectivity index (χ2n) is 9.35. The number of likely N-dealkylation sites (tertiary alicyclic amines) is 1. The molecule has 2 heterocycles. The van der Waals surface area contributed by atoms with Crippen LogP contribution in [0.3, 0.4) is 0 Å². The third-order valence-corrected chi connectivity index (χ3v) is 7.01. The standard InChI is InChI=1S/C30H30N6O/c1-35(20-11-14-23-12-5-2-6-13-23)26-19-21-36(27(22-26)29-31-33-34-32-29)30(37)28(24-15-7-3-8-16-24)25-17-9-4-10-18-25/h2-10,12-13,15-18,26-28H,19-22H2,1H3,(H,31,32,33,34)/t26-,27+/m1/s1. The van der Waals surface area contributed by atoms with E-state index in [0.29, 0.717) is 18.9 Å². The van der Waals surface area contributed by atoms with Crippen molar-refractivity contribution < 1.29 is 4.79 Å². The number of nitrogens with zero attached hydrogens (tertiary/aromatic N) is 5. The van der Waals surface area contributed by atoms with E-state index < -0.39 is 5.92 Å². The van der Waals surface area contributed by atoms with E-state index in [2.05, 4.69) is 44.4 Å². The molecular weight excluding hydrogens is 460 g/mol. The molecule has 37 heavy (non-hydrogen) atoms. The van der Waals surface area contributed by atoms with E-state index in [1.807, 2.05) is 95.9 Å². The van der Waals surface area contributed by atoms with Gasteiger partial charge in [0.15, 0.2) is 5.82 Å². The lowest BCUT2D eigenvalue weighted by Gasteiger charge is -2.42. The number of carbonyl (C=O) groups is 1. The number of amides is 1. The maximum absolute atomic E-state index is 14.2. The molecule has 1 aliphatic heterocycles. The van der Waals surface area contributed by atoms with Gasteiger partial charge in [-0.25, -0.2) is 5.10 Å². The minimum absolute atomic E-state index is 0.0590. The van der Waals surface area contributed by atoms with E-state index in [1.165, 1.54) is 0 Å². The van der Waals surface area contributed by atoms with Crippen LogP contribution in [0, 0.1) is 11.8 Å². The summed E-state index contributed by atoms with van der Waals surface area (Å²) in [7, 11) is 2.09. The zero-order chi connectivity index (χ0) is 25.5. The molecule has 1 N–H and O–H groups in total. The number of piperidine rings is 1. The van der Waals surface area contributed by atoms with Gasteiger partial charge in [-0.15, -0.1) is 5.10 Å². The van der Waals surface area contributed by atoms with Gasteiger partial charge in [-0.05, 0) is 53.6 Å². The second kappa shape index (κ2) is 11.6. The van der Waals surface area contributed by atoms with Crippen LogP contribution in [0.4, 0.5) is 0 Å². The van der Waals surface area contributed by atoms with Crippen molar-refractivity contribution in [2.24, 2.45) is 0 Å². The molecule has 0 bridgehead atoms. The third kappa shape index (κ3) is 5.76. The fourth-order valence-electron chi connectivity index (χ4n) is 5.03. The van der Waals surface area contributed by atoms with Crippen molar-refractivity contribution in [3.8, 4) is 11.8 Å². The van der Waals surface area contributed by atoms with Crippen LogP contribution in [0.5, 0.6) is 0 Å². The minimum Gasteiger partial charge on any atom is -0.331 e. The van der Waals surface area contributed by atoms with Crippen molar-refractivity contribution in [2.75, 3.05) is 20.1 Å². The van der Waals surface area contributed by atoms with Crippen LogP contribution in [0.15, 0.2) is 91.0 Å². The molecule has 7 nitrogen and oxygen atoms in total. The number of benzene rings is 3. The fourth-order valence-corrected chi connectivity index (χ4v) is 5.03. The highest BCUT2D eigenvalue weighted by Crippen LogP contribution is 2.36. The largest absolute Gasteiger partial charge is 0.331 e. The van der Waals surface area contributed by atoms with E-state index >= 15 is 0 Å². The highest BCUT2D eigenvalue weighted by molar-refractivity contribution is 5.87. The van der Waals surface area contributed by atoms with E-state index in [0.717, 1.165) is 29.5 Å². The van der Waals surface area contributed by atoms with Crippen LogP contribution in [0.2, 0.25) is 0 Å². The summed E-state index contributed by atoms with van der Waals surface area (Å²) in [5.41, 5.74) is 2.96. The molecule has 0 aliphatic carbocycles. The summed E-state index contributed by atoms with van der Waals surface area (Å²) < 4.78 is 0. The molecule has 5 rings (SSSR count). The topological polar surface area (TPSA) is 78.0 Å². The summed E-state index contributed by atoms with van der Waals surface area (Å²) >= 11 is 0. The normalized spacial score (nSPS) is 17.4. The predicted octanol–water partition coefficient (Wildman–Crippen LogP) is 4.05. The highest BCUT2D eigenvalue weighted by atomic mass is 16.2. The maximum atomic E-state index is 14.2. The number of tetrazole rings is 1. The van der Waals surface area contributed by atoms with E-state index in [1.54, 1.807) is 0 Å². The van der Waals surface area contributed by atoms with Crippen molar-refractivity contribution >= 4 is 5.91 Å². The lowest BCUT2D eigenvalue weighted by atomic mass is 9.87. The smallest absolute Gasteiger partial charge is 0.235 e. The number of rotatable bonds is 6. The van der Waals surface area contributed by atoms with Gasteiger partial charge < -0.3 is 4.90 Å². The molecule has 1 aromatic heterocycles. The molecule has 1 fully saturated rings. The van der Waals surface area contributed by atoms with Crippen molar-refractivity contribution in [3.63, 3.8) is 0 Å². The summed E-state index contributed by atoms with van der Waals surface area (Å²) in [6, 6.07) is 30.0. The molecule has 2 atom stereocenters. The number of aromatic amines is 1. The van der Waals surface area contributed by atoms with Crippen LogP contribution in [-0.2, 0) is 4.79 Å². The van der Waals surface area contributed by atoms with Gasteiger partial charge in [0.05, 0.1) is 18.5 Å². The zero-order valence-electron chi connectivity index (χ0n) is 20.9. The monoisotopic (exact) mass is 490 g/mol. The Balaban J connectivity index is 1.38. The average molecular weight is 491 g/mol. The Bertz CT molecular complexity index is 1290. The van der Waals surface area contributed by atoms with Gasteiger partial charge in [0.1, 0.15) is 0 Å². The second-order valence-corrected chi connectivity index (χ2v) is 9.35. The van der Waals surface area contributed by atoms with E-state index in [-0.39, 0.29) is 18.0 Å². The molecule has 0 spiro atoms. The lowest BCUT2D eigenvalue weighted by Crippen LogP contribution is -2.49. The quantitative estimate of drug-likeness (QED) is 0.413. The molecule has 3 aromatic carbocycles. The molecule has 1 amide bonds. The molecule has 7 heteroatoms. The average Bonchev–Trinajstić information content (AvgIpc) is 3.50. The fraction of sp³-hybridized carbons (Fsp3) is 0.267. The highest BCUT2D eigenvalue weighted by Gasteiger charge is 2.39. The Labute approximate surface area is 217 Å². The van der Waals surface area contributed by atoms with Gasteiger partial charge in [-0.3, -0.25) is 9.69 Å². The van der Waals surface area contributed by atoms with E-state index in [9.17, 15) is 4.79 Å². The molecule has 0 radical (unpaired) electrons. The van der Waals surface area contributed by atoms with Crippen LogP contribution in [0.25, 0.3) is 0 Å². The Morgan fingerprint density at radius 2 is 1.62 bits per heavy atom. The van der Waals surface area contributed by atoms with Gasteiger partial charge in [-0.1, -0.05) is 90.7 Å². The number of hydrogen-bond donors (Lipinski definition) is 1. The van der Waals surface area contributed by atoms with Crippen molar-refractivity contribution in [3.05, 3.63) is 114 Å². The third-order valence-electron chi connectivity index (χ3n) is 7.01.